The van der Waals surface area contributed by atoms with Crippen molar-refractivity contribution >= 4 is 16.7 Å². The summed E-state index contributed by atoms with van der Waals surface area (Å²) in [5.74, 6) is -0.0840. The number of aromatic nitrogens is 2. The first kappa shape index (κ1) is 16.9. The Morgan fingerprint density at radius 2 is 1.88 bits per heavy atom. The predicted molar refractivity (Wildman–Crippen MR) is 91.0 cm³/mol. The molecule has 0 saturated heterocycles. The number of nitrogens with one attached hydrogen (secondary N) is 1. The quantitative estimate of drug-likeness (QED) is 0.736. The highest BCUT2D eigenvalue weighted by Crippen LogP contribution is 2.27. The van der Waals surface area contributed by atoms with E-state index in [0.29, 0.717) is 23.3 Å². The van der Waals surface area contributed by atoms with Gasteiger partial charge in [-0.25, -0.2) is 18.7 Å². The zero-order chi connectivity index (χ0) is 17.8. The van der Waals surface area contributed by atoms with Gasteiger partial charge in [-0.05, 0) is 25.1 Å². The molecule has 0 radical (unpaired) electrons. The van der Waals surface area contributed by atoms with Gasteiger partial charge in [-0.1, -0.05) is 12.1 Å². The highest BCUT2D eigenvalue weighted by Gasteiger charge is 2.12. The molecular formula is C18H17F2N3O2. The summed E-state index contributed by atoms with van der Waals surface area (Å²) in [5.41, 5.74) is 0.457. The van der Waals surface area contributed by atoms with E-state index in [9.17, 15) is 8.78 Å². The molecule has 3 aromatic rings. The van der Waals surface area contributed by atoms with Crippen molar-refractivity contribution in [2.75, 3.05) is 19.0 Å². The van der Waals surface area contributed by atoms with Crippen LogP contribution in [0, 0.1) is 11.6 Å². The van der Waals surface area contributed by atoms with E-state index in [2.05, 4.69) is 15.3 Å². The van der Waals surface area contributed by atoms with E-state index in [1.807, 2.05) is 6.92 Å². The van der Waals surface area contributed by atoms with E-state index >= 15 is 0 Å². The summed E-state index contributed by atoms with van der Waals surface area (Å²) in [4.78, 5) is 8.24. The number of hydrogen-bond acceptors (Lipinski definition) is 5. The number of halogens is 2. The SMILES string of the molecule is COc1cc2c(NCC(C)Oc3ccccc3F)ncnc2cc1F. The van der Waals surface area contributed by atoms with E-state index in [4.69, 9.17) is 9.47 Å². The predicted octanol–water partition coefficient (Wildman–Crippen LogP) is 3.80. The third-order valence-electron chi connectivity index (χ3n) is 3.63. The van der Waals surface area contributed by atoms with E-state index in [-0.39, 0.29) is 17.6 Å². The summed E-state index contributed by atoms with van der Waals surface area (Å²) in [6.07, 6.45) is 1.03. The van der Waals surface area contributed by atoms with Crippen molar-refractivity contribution < 1.29 is 18.3 Å². The standard InChI is InChI=1S/C18H17F2N3O2/c1-11(25-16-6-4-3-5-13(16)19)9-21-18-12-7-17(24-2)14(20)8-15(12)22-10-23-18/h3-8,10-11H,9H2,1-2H3,(H,21,22,23). The molecular weight excluding hydrogens is 328 g/mol. The van der Waals surface area contributed by atoms with Gasteiger partial charge in [-0.3, -0.25) is 0 Å². The fourth-order valence-electron chi connectivity index (χ4n) is 2.39. The Kier molecular flexibility index (Phi) is 4.92. The lowest BCUT2D eigenvalue weighted by atomic mass is 10.2. The van der Waals surface area contributed by atoms with Gasteiger partial charge < -0.3 is 14.8 Å². The molecule has 0 aliphatic rings. The van der Waals surface area contributed by atoms with Crippen LogP contribution in [0.25, 0.3) is 10.9 Å². The van der Waals surface area contributed by atoms with Gasteiger partial charge in [0.05, 0.1) is 19.2 Å². The Bertz CT molecular complexity index is 889. The summed E-state index contributed by atoms with van der Waals surface area (Å²) in [6.45, 7) is 2.18. The molecule has 0 aliphatic heterocycles. The molecule has 2 aromatic carbocycles. The van der Waals surface area contributed by atoms with Gasteiger partial charge >= 0.3 is 0 Å². The molecule has 1 aromatic heterocycles. The normalized spacial score (nSPS) is 12.0. The summed E-state index contributed by atoms with van der Waals surface area (Å²) < 4.78 is 38.0. The fourth-order valence-corrected chi connectivity index (χ4v) is 2.39. The minimum Gasteiger partial charge on any atom is -0.494 e. The second-order valence-electron chi connectivity index (χ2n) is 5.47. The molecule has 1 heterocycles. The minimum absolute atomic E-state index is 0.112. The number of nitrogens with zero attached hydrogens (tertiary/aromatic N) is 2. The van der Waals surface area contributed by atoms with Crippen LogP contribution in [-0.2, 0) is 0 Å². The van der Waals surface area contributed by atoms with Crippen molar-refractivity contribution in [3.05, 3.63) is 54.4 Å². The second kappa shape index (κ2) is 7.29. The van der Waals surface area contributed by atoms with Crippen LogP contribution in [0.15, 0.2) is 42.7 Å². The van der Waals surface area contributed by atoms with Crippen molar-refractivity contribution in [2.45, 2.75) is 13.0 Å². The molecule has 25 heavy (non-hydrogen) atoms. The average Bonchev–Trinajstić information content (AvgIpc) is 2.61. The molecule has 1 unspecified atom stereocenters. The van der Waals surface area contributed by atoms with Crippen molar-refractivity contribution in [3.63, 3.8) is 0 Å². The zero-order valence-corrected chi connectivity index (χ0v) is 13.8. The fraction of sp³-hybridized carbons (Fsp3) is 0.222. The number of para-hydroxylation sites is 1. The van der Waals surface area contributed by atoms with Crippen LogP contribution in [0.2, 0.25) is 0 Å². The topological polar surface area (TPSA) is 56.3 Å². The molecule has 0 spiro atoms. The lowest BCUT2D eigenvalue weighted by Crippen LogP contribution is -2.23. The van der Waals surface area contributed by atoms with Crippen LogP contribution in [0.5, 0.6) is 11.5 Å². The smallest absolute Gasteiger partial charge is 0.167 e. The van der Waals surface area contributed by atoms with Gasteiger partial charge in [0.15, 0.2) is 23.1 Å². The third kappa shape index (κ3) is 3.76. The Morgan fingerprint density at radius 3 is 2.64 bits per heavy atom. The first-order chi connectivity index (χ1) is 12.1. The van der Waals surface area contributed by atoms with Crippen LogP contribution in [0.4, 0.5) is 14.6 Å². The van der Waals surface area contributed by atoms with E-state index in [1.54, 1.807) is 18.2 Å². The highest BCUT2D eigenvalue weighted by molar-refractivity contribution is 5.90. The zero-order valence-electron chi connectivity index (χ0n) is 13.8. The molecule has 1 N–H and O–H groups in total. The van der Waals surface area contributed by atoms with Gasteiger partial charge in [0.2, 0.25) is 0 Å². The van der Waals surface area contributed by atoms with Crippen molar-refractivity contribution in [2.24, 2.45) is 0 Å². The number of fused-ring (bicyclic) bond motifs is 1. The van der Waals surface area contributed by atoms with Crippen LogP contribution in [-0.4, -0.2) is 29.7 Å². The molecule has 0 bridgehead atoms. The molecule has 5 nitrogen and oxygen atoms in total. The maximum atomic E-state index is 13.8. The first-order valence-electron chi connectivity index (χ1n) is 7.71. The number of benzene rings is 2. The molecule has 1 atom stereocenters. The van der Waals surface area contributed by atoms with Crippen molar-refractivity contribution in [1.82, 2.24) is 9.97 Å². The van der Waals surface area contributed by atoms with E-state index < -0.39 is 11.6 Å². The van der Waals surface area contributed by atoms with Gasteiger partial charge in [0, 0.05) is 11.5 Å². The van der Waals surface area contributed by atoms with Crippen molar-refractivity contribution in [1.29, 1.82) is 0 Å². The summed E-state index contributed by atoms with van der Waals surface area (Å²) in [6, 6.07) is 9.05. The van der Waals surface area contributed by atoms with Gasteiger partial charge in [-0.15, -0.1) is 0 Å². The van der Waals surface area contributed by atoms with Crippen LogP contribution in [0.3, 0.4) is 0 Å². The number of hydrogen-bond donors (Lipinski definition) is 1. The third-order valence-corrected chi connectivity index (χ3v) is 3.63. The minimum atomic E-state index is -0.490. The molecule has 0 aliphatic carbocycles. The number of anilines is 1. The van der Waals surface area contributed by atoms with E-state index in [1.165, 1.54) is 31.6 Å². The van der Waals surface area contributed by atoms with Gasteiger partial charge in [0.1, 0.15) is 18.2 Å². The summed E-state index contributed by atoms with van der Waals surface area (Å²) in [5, 5.41) is 3.75. The van der Waals surface area contributed by atoms with Crippen LogP contribution in [0.1, 0.15) is 6.92 Å². The van der Waals surface area contributed by atoms with Crippen LogP contribution >= 0.6 is 0 Å². The lowest BCUT2D eigenvalue weighted by molar-refractivity contribution is 0.224. The molecule has 130 valence electrons. The van der Waals surface area contributed by atoms with E-state index in [0.717, 1.165) is 0 Å². The van der Waals surface area contributed by atoms with Gasteiger partial charge in [-0.2, -0.15) is 0 Å². The maximum absolute atomic E-state index is 13.8. The monoisotopic (exact) mass is 345 g/mol. The Morgan fingerprint density at radius 1 is 1.08 bits per heavy atom. The largest absolute Gasteiger partial charge is 0.494 e. The molecule has 7 heteroatoms. The summed E-state index contributed by atoms with van der Waals surface area (Å²) >= 11 is 0. The number of ether oxygens (including phenoxy) is 2. The Hall–Kier alpha value is -2.96. The Balaban J connectivity index is 1.75. The molecule has 0 saturated carbocycles. The van der Waals surface area contributed by atoms with Crippen LogP contribution < -0.4 is 14.8 Å². The van der Waals surface area contributed by atoms with Crippen molar-refractivity contribution in [3.8, 4) is 11.5 Å². The number of methoxy groups -OCH3 is 1. The second-order valence-corrected chi connectivity index (χ2v) is 5.47. The summed E-state index contributed by atoms with van der Waals surface area (Å²) in [7, 11) is 1.39. The average molecular weight is 345 g/mol. The number of rotatable bonds is 6. The lowest BCUT2D eigenvalue weighted by Gasteiger charge is -2.17. The maximum Gasteiger partial charge on any atom is 0.167 e. The molecule has 0 amide bonds. The molecule has 3 rings (SSSR count). The van der Waals surface area contributed by atoms with Gasteiger partial charge in [0.25, 0.3) is 0 Å². The molecule has 0 fully saturated rings. The first-order valence-corrected chi connectivity index (χ1v) is 7.71. The highest BCUT2D eigenvalue weighted by atomic mass is 19.1. The Labute approximate surface area is 143 Å².